The van der Waals surface area contributed by atoms with Crippen LogP contribution in [-0.4, -0.2) is 22.3 Å². The Labute approximate surface area is 150 Å². The molecular weight excluding hydrogens is 344 g/mol. The molecule has 1 aliphatic carbocycles. The quantitative estimate of drug-likeness (QED) is 0.841. The van der Waals surface area contributed by atoms with Crippen LogP contribution in [0.5, 0.6) is 0 Å². The third-order valence-corrected chi connectivity index (χ3v) is 5.79. The predicted octanol–water partition coefficient (Wildman–Crippen LogP) is 3.73. The van der Waals surface area contributed by atoms with Gasteiger partial charge in [0, 0.05) is 34.5 Å². The Bertz CT molecular complexity index is 813. The predicted molar refractivity (Wildman–Crippen MR) is 99.9 cm³/mol. The zero-order chi connectivity index (χ0) is 17.1. The minimum absolute atomic E-state index is 0.0303. The molecule has 1 heterocycles. The maximum Gasteiger partial charge on any atom is 0.251 e. The average Bonchev–Trinajstić information content (AvgIpc) is 2.57. The van der Waals surface area contributed by atoms with Crippen LogP contribution in [0.25, 0.3) is 10.9 Å². The molecule has 0 saturated heterocycles. The third-order valence-electron chi connectivity index (χ3n) is 4.50. The van der Waals surface area contributed by atoms with E-state index in [-0.39, 0.29) is 11.5 Å². The Morgan fingerprint density at radius 3 is 2.79 bits per heavy atom. The maximum absolute atomic E-state index is 12.2. The van der Waals surface area contributed by atoms with E-state index >= 15 is 0 Å². The highest BCUT2D eigenvalue weighted by molar-refractivity contribution is 8.00. The number of aryl methyl sites for hydroxylation is 1. The summed E-state index contributed by atoms with van der Waals surface area (Å²) >= 11 is 7.49. The molecular formula is C18H21ClN2O2S. The Morgan fingerprint density at radius 2 is 2.04 bits per heavy atom. The number of pyridine rings is 1. The third kappa shape index (κ3) is 3.95. The fourth-order valence-electron chi connectivity index (χ4n) is 3.18. The number of carbonyl (C=O) groups is 1. The first-order valence-corrected chi connectivity index (χ1v) is 9.62. The first-order valence-electron chi connectivity index (χ1n) is 8.26. The van der Waals surface area contributed by atoms with Gasteiger partial charge in [-0.3, -0.25) is 9.59 Å². The van der Waals surface area contributed by atoms with Crippen LogP contribution in [-0.2, 0) is 11.8 Å². The van der Waals surface area contributed by atoms with E-state index in [1.165, 1.54) is 31.0 Å². The molecule has 2 aromatic rings. The average molecular weight is 365 g/mol. The summed E-state index contributed by atoms with van der Waals surface area (Å²) in [6, 6.07) is 7.34. The van der Waals surface area contributed by atoms with Crippen molar-refractivity contribution >= 4 is 40.2 Å². The molecule has 6 heteroatoms. The molecule has 1 amide bonds. The minimum Gasteiger partial charge on any atom is -0.353 e. The van der Waals surface area contributed by atoms with Gasteiger partial charge < -0.3 is 9.88 Å². The summed E-state index contributed by atoms with van der Waals surface area (Å²) in [4.78, 5) is 25.1. The van der Waals surface area contributed by atoms with Crippen molar-refractivity contribution in [3.63, 3.8) is 0 Å². The van der Waals surface area contributed by atoms with E-state index < -0.39 is 0 Å². The molecule has 0 aliphatic heterocycles. The van der Waals surface area contributed by atoms with Crippen LogP contribution in [0.4, 0.5) is 0 Å². The molecule has 1 aromatic carbocycles. The van der Waals surface area contributed by atoms with Crippen molar-refractivity contribution in [2.24, 2.45) is 7.05 Å². The van der Waals surface area contributed by atoms with E-state index in [0.717, 1.165) is 28.6 Å². The maximum atomic E-state index is 12.2. The van der Waals surface area contributed by atoms with Gasteiger partial charge in [-0.2, -0.15) is 0 Å². The molecule has 1 saturated carbocycles. The van der Waals surface area contributed by atoms with Gasteiger partial charge in [0.25, 0.3) is 5.56 Å². The Kier molecular flexibility index (Phi) is 5.51. The highest BCUT2D eigenvalue weighted by Crippen LogP contribution is 2.28. The van der Waals surface area contributed by atoms with Crippen LogP contribution in [0, 0.1) is 0 Å². The van der Waals surface area contributed by atoms with Crippen LogP contribution in [0.1, 0.15) is 32.1 Å². The SMILES string of the molecule is Cn1c(=O)cc(SCC(=O)NC2CCCCC2)c2cc(Cl)ccc21. The van der Waals surface area contributed by atoms with E-state index in [0.29, 0.717) is 16.8 Å². The number of amides is 1. The van der Waals surface area contributed by atoms with Crippen molar-refractivity contribution in [1.29, 1.82) is 0 Å². The minimum atomic E-state index is -0.0833. The lowest BCUT2D eigenvalue weighted by atomic mass is 9.95. The van der Waals surface area contributed by atoms with Crippen molar-refractivity contribution in [3.05, 3.63) is 39.6 Å². The van der Waals surface area contributed by atoms with Crippen molar-refractivity contribution in [1.82, 2.24) is 9.88 Å². The fourth-order valence-corrected chi connectivity index (χ4v) is 4.23. The van der Waals surface area contributed by atoms with E-state index in [2.05, 4.69) is 5.32 Å². The van der Waals surface area contributed by atoms with Gasteiger partial charge in [-0.05, 0) is 31.0 Å². The van der Waals surface area contributed by atoms with Gasteiger partial charge in [-0.1, -0.05) is 30.9 Å². The Balaban J connectivity index is 1.75. The normalized spacial score (nSPS) is 15.6. The molecule has 1 aliphatic rings. The van der Waals surface area contributed by atoms with Gasteiger partial charge in [0.2, 0.25) is 5.91 Å². The highest BCUT2D eigenvalue weighted by Gasteiger charge is 2.16. The molecule has 0 bridgehead atoms. The van der Waals surface area contributed by atoms with E-state index in [1.807, 2.05) is 12.1 Å². The molecule has 1 N–H and O–H groups in total. The highest BCUT2D eigenvalue weighted by atomic mass is 35.5. The molecule has 128 valence electrons. The van der Waals surface area contributed by atoms with Crippen molar-refractivity contribution in [2.45, 2.75) is 43.0 Å². The second-order valence-corrected chi connectivity index (χ2v) is 7.71. The smallest absolute Gasteiger partial charge is 0.251 e. The van der Waals surface area contributed by atoms with Gasteiger partial charge >= 0.3 is 0 Å². The Morgan fingerprint density at radius 1 is 1.29 bits per heavy atom. The number of halogens is 1. The van der Waals surface area contributed by atoms with Crippen molar-refractivity contribution < 1.29 is 4.79 Å². The molecule has 24 heavy (non-hydrogen) atoms. The monoisotopic (exact) mass is 364 g/mol. The molecule has 3 rings (SSSR count). The number of fused-ring (bicyclic) bond motifs is 1. The zero-order valence-corrected chi connectivity index (χ0v) is 15.3. The summed E-state index contributed by atoms with van der Waals surface area (Å²) in [6.07, 6.45) is 5.79. The molecule has 0 atom stereocenters. The van der Waals surface area contributed by atoms with Gasteiger partial charge in [-0.25, -0.2) is 0 Å². The van der Waals surface area contributed by atoms with Crippen molar-refractivity contribution in [3.8, 4) is 0 Å². The zero-order valence-electron chi connectivity index (χ0n) is 13.7. The number of aromatic nitrogens is 1. The number of nitrogens with one attached hydrogen (secondary N) is 1. The summed E-state index contributed by atoms with van der Waals surface area (Å²) in [6.45, 7) is 0. The van der Waals surface area contributed by atoms with Crippen LogP contribution in [0.3, 0.4) is 0 Å². The molecule has 1 fully saturated rings. The van der Waals surface area contributed by atoms with Gasteiger partial charge in [-0.15, -0.1) is 11.8 Å². The summed E-state index contributed by atoms with van der Waals surface area (Å²) in [5.41, 5.74) is 0.738. The number of hydrogen-bond acceptors (Lipinski definition) is 3. The van der Waals surface area contributed by atoms with Crippen LogP contribution < -0.4 is 10.9 Å². The molecule has 0 spiro atoms. The van der Waals surface area contributed by atoms with Gasteiger partial charge in [0.1, 0.15) is 0 Å². The second-order valence-electron chi connectivity index (χ2n) is 6.26. The van der Waals surface area contributed by atoms with E-state index in [4.69, 9.17) is 11.6 Å². The first kappa shape index (κ1) is 17.4. The summed E-state index contributed by atoms with van der Waals surface area (Å²) in [5.74, 6) is 0.341. The number of nitrogens with zero attached hydrogens (tertiary/aromatic N) is 1. The molecule has 0 unspecified atom stereocenters. The number of thioether (sulfide) groups is 1. The number of carbonyl (C=O) groups excluding carboxylic acids is 1. The number of rotatable bonds is 4. The number of hydrogen-bond donors (Lipinski definition) is 1. The summed E-state index contributed by atoms with van der Waals surface area (Å²) in [7, 11) is 1.74. The lowest BCUT2D eigenvalue weighted by Gasteiger charge is -2.22. The van der Waals surface area contributed by atoms with Gasteiger partial charge in [0.05, 0.1) is 11.3 Å². The molecule has 0 radical (unpaired) electrons. The molecule has 4 nitrogen and oxygen atoms in total. The first-order chi connectivity index (χ1) is 11.5. The van der Waals surface area contributed by atoms with Crippen LogP contribution >= 0.6 is 23.4 Å². The summed E-state index contributed by atoms with van der Waals surface area (Å²) in [5, 5.41) is 4.63. The standard InChI is InChI=1S/C18H21ClN2O2S/c1-21-15-8-7-12(19)9-14(15)16(10-18(21)23)24-11-17(22)20-13-5-3-2-4-6-13/h7-10,13H,2-6,11H2,1H3,(H,20,22). The van der Waals surface area contributed by atoms with Gasteiger partial charge in [0.15, 0.2) is 0 Å². The largest absolute Gasteiger partial charge is 0.353 e. The second kappa shape index (κ2) is 7.62. The van der Waals surface area contributed by atoms with Crippen molar-refractivity contribution in [2.75, 3.05) is 5.75 Å². The van der Waals surface area contributed by atoms with Crippen LogP contribution in [0.2, 0.25) is 5.02 Å². The van der Waals surface area contributed by atoms with E-state index in [9.17, 15) is 9.59 Å². The number of benzene rings is 1. The van der Waals surface area contributed by atoms with Crippen LogP contribution in [0.15, 0.2) is 34.0 Å². The fraction of sp³-hybridized carbons (Fsp3) is 0.444. The summed E-state index contributed by atoms with van der Waals surface area (Å²) < 4.78 is 1.60. The Hall–Kier alpha value is -1.46. The van der Waals surface area contributed by atoms with E-state index in [1.54, 1.807) is 23.7 Å². The lowest BCUT2D eigenvalue weighted by molar-refractivity contribution is -0.119. The lowest BCUT2D eigenvalue weighted by Crippen LogP contribution is -2.37. The molecule has 1 aromatic heterocycles. The topological polar surface area (TPSA) is 51.1 Å².